The highest BCUT2D eigenvalue weighted by Crippen LogP contribution is 2.42. The standard InChI is InChI=1S/C28H24ClN3O3S/c1-17-8-11-20(14-18(17)2)32-27(34)25(15-19-9-12-21(35-3)13-10-19)36-28(32)22(16-30)26(33)31-24-7-5-4-6-23(24)29/h4-14,25H,15H2,1-3H3,(H,31,33)/b28-22-. The van der Waals surface area contributed by atoms with Gasteiger partial charge in [-0.25, -0.2) is 0 Å². The van der Waals surface area contributed by atoms with Crippen molar-refractivity contribution in [2.45, 2.75) is 25.5 Å². The van der Waals surface area contributed by atoms with Crippen LogP contribution < -0.4 is 15.0 Å². The molecule has 8 heteroatoms. The van der Waals surface area contributed by atoms with E-state index in [1.54, 1.807) is 31.4 Å². The molecule has 0 spiro atoms. The molecule has 1 N–H and O–H groups in total. The third kappa shape index (κ3) is 5.25. The highest BCUT2D eigenvalue weighted by Gasteiger charge is 2.41. The number of nitrogens with one attached hydrogen (secondary N) is 1. The number of hydrogen-bond acceptors (Lipinski definition) is 5. The van der Waals surface area contributed by atoms with Crippen molar-refractivity contribution in [2.75, 3.05) is 17.3 Å². The molecule has 0 aliphatic carbocycles. The van der Waals surface area contributed by atoms with Crippen LogP contribution in [0.15, 0.2) is 77.3 Å². The van der Waals surface area contributed by atoms with Gasteiger partial charge >= 0.3 is 0 Å². The Morgan fingerprint density at radius 3 is 2.47 bits per heavy atom. The van der Waals surface area contributed by atoms with Gasteiger partial charge in [-0.3, -0.25) is 14.5 Å². The van der Waals surface area contributed by atoms with Gasteiger partial charge in [0.15, 0.2) is 0 Å². The van der Waals surface area contributed by atoms with Crippen LogP contribution in [-0.4, -0.2) is 24.2 Å². The van der Waals surface area contributed by atoms with Crippen molar-refractivity contribution >= 4 is 46.6 Å². The molecule has 0 bridgehead atoms. The van der Waals surface area contributed by atoms with Gasteiger partial charge in [0.2, 0.25) is 5.91 Å². The molecule has 4 rings (SSSR count). The Morgan fingerprint density at radius 2 is 1.83 bits per heavy atom. The molecular formula is C28H24ClN3O3S. The number of carbonyl (C=O) groups is 2. The van der Waals surface area contributed by atoms with E-state index in [0.717, 1.165) is 22.4 Å². The number of halogens is 1. The number of nitrogens with zero attached hydrogens (tertiary/aromatic N) is 2. The minimum atomic E-state index is -0.625. The lowest BCUT2D eigenvalue weighted by atomic mass is 10.1. The molecule has 1 atom stereocenters. The molecule has 1 fully saturated rings. The Labute approximate surface area is 219 Å². The van der Waals surface area contributed by atoms with Crippen molar-refractivity contribution < 1.29 is 14.3 Å². The van der Waals surface area contributed by atoms with Gasteiger partial charge in [0.1, 0.15) is 22.4 Å². The predicted octanol–water partition coefficient (Wildman–Crippen LogP) is 6.03. The van der Waals surface area contributed by atoms with Crippen LogP contribution in [0.5, 0.6) is 5.75 Å². The van der Waals surface area contributed by atoms with Gasteiger partial charge in [0, 0.05) is 5.69 Å². The molecule has 0 radical (unpaired) electrons. The van der Waals surface area contributed by atoms with Gasteiger partial charge in [-0.2, -0.15) is 5.26 Å². The van der Waals surface area contributed by atoms with Crippen LogP contribution in [0.4, 0.5) is 11.4 Å². The number of aryl methyl sites for hydroxylation is 2. The molecule has 182 valence electrons. The molecule has 1 unspecified atom stereocenters. The molecule has 0 saturated carbocycles. The van der Waals surface area contributed by atoms with Crippen LogP contribution in [0.25, 0.3) is 0 Å². The minimum absolute atomic E-state index is 0.149. The summed E-state index contributed by atoms with van der Waals surface area (Å²) in [5.41, 5.74) is 3.88. The van der Waals surface area contributed by atoms with E-state index in [-0.39, 0.29) is 11.5 Å². The van der Waals surface area contributed by atoms with Crippen LogP contribution in [0.2, 0.25) is 5.02 Å². The Hall–Kier alpha value is -3.73. The average Bonchev–Trinajstić information content (AvgIpc) is 3.18. The van der Waals surface area contributed by atoms with Crippen molar-refractivity contribution in [3.05, 3.63) is 99.0 Å². The summed E-state index contributed by atoms with van der Waals surface area (Å²) in [6.07, 6.45) is 0.434. The fourth-order valence-corrected chi connectivity index (χ4v) is 5.30. The molecule has 3 aromatic rings. The lowest BCUT2D eigenvalue weighted by Gasteiger charge is -2.20. The summed E-state index contributed by atoms with van der Waals surface area (Å²) in [5.74, 6) is -0.0864. The van der Waals surface area contributed by atoms with E-state index in [1.807, 2.05) is 62.4 Å². The number of benzene rings is 3. The third-order valence-corrected chi connectivity index (χ3v) is 7.55. The van der Waals surface area contributed by atoms with Crippen LogP contribution in [0, 0.1) is 25.2 Å². The molecule has 2 amide bonds. The second kappa shape index (κ2) is 10.9. The first-order chi connectivity index (χ1) is 17.3. The zero-order valence-electron chi connectivity index (χ0n) is 20.0. The molecule has 6 nitrogen and oxygen atoms in total. The van der Waals surface area contributed by atoms with Crippen LogP contribution in [0.1, 0.15) is 16.7 Å². The van der Waals surface area contributed by atoms with E-state index in [0.29, 0.717) is 27.8 Å². The molecule has 1 saturated heterocycles. The van der Waals surface area contributed by atoms with E-state index < -0.39 is 11.2 Å². The number of hydrogen-bond donors (Lipinski definition) is 1. The van der Waals surface area contributed by atoms with Crippen molar-refractivity contribution in [3.8, 4) is 11.8 Å². The largest absolute Gasteiger partial charge is 0.497 e. The molecule has 1 aliphatic heterocycles. The van der Waals surface area contributed by atoms with Gasteiger partial charge in [0.05, 0.1) is 23.1 Å². The van der Waals surface area contributed by atoms with Crippen molar-refractivity contribution in [1.29, 1.82) is 5.26 Å². The molecule has 36 heavy (non-hydrogen) atoms. The van der Waals surface area contributed by atoms with E-state index >= 15 is 0 Å². The topological polar surface area (TPSA) is 82.4 Å². The summed E-state index contributed by atoms with van der Waals surface area (Å²) in [7, 11) is 1.60. The van der Waals surface area contributed by atoms with Gasteiger partial charge < -0.3 is 10.1 Å². The number of nitriles is 1. The SMILES string of the molecule is COc1ccc(CC2S/C(=C(/C#N)C(=O)Nc3ccccc3Cl)N(c3ccc(C)c(C)c3)C2=O)cc1. The number of para-hydroxylation sites is 1. The van der Waals surface area contributed by atoms with Crippen molar-refractivity contribution in [1.82, 2.24) is 0 Å². The fraction of sp³-hybridized carbons (Fsp3) is 0.179. The number of rotatable bonds is 6. The first-order valence-corrected chi connectivity index (χ1v) is 12.5. The van der Waals surface area contributed by atoms with Crippen molar-refractivity contribution in [3.63, 3.8) is 0 Å². The lowest BCUT2D eigenvalue weighted by molar-refractivity contribution is -0.117. The summed E-state index contributed by atoms with van der Waals surface area (Å²) >= 11 is 7.42. The Balaban J connectivity index is 1.74. The molecule has 0 aromatic heterocycles. The van der Waals surface area contributed by atoms with E-state index in [9.17, 15) is 14.9 Å². The smallest absolute Gasteiger partial charge is 0.269 e. The second-order valence-electron chi connectivity index (χ2n) is 8.33. The number of amides is 2. The van der Waals surface area contributed by atoms with Gasteiger partial charge in [-0.1, -0.05) is 53.7 Å². The molecule has 1 heterocycles. The quantitative estimate of drug-likeness (QED) is 0.319. The molecule has 3 aromatic carbocycles. The van der Waals surface area contributed by atoms with Gasteiger partial charge in [-0.15, -0.1) is 0 Å². The van der Waals surface area contributed by atoms with E-state index in [1.165, 1.54) is 16.7 Å². The Kier molecular flexibility index (Phi) is 7.68. The lowest BCUT2D eigenvalue weighted by Crippen LogP contribution is -2.31. The predicted molar refractivity (Wildman–Crippen MR) is 144 cm³/mol. The maximum atomic E-state index is 13.7. The van der Waals surface area contributed by atoms with E-state index in [4.69, 9.17) is 16.3 Å². The molecular weight excluding hydrogens is 494 g/mol. The zero-order chi connectivity index (χ0) is 25.8. The second-order valence-corrected chi connectivity index (χ2v) is 9.93. The summed E-state index contributed by atoms with van der Waals surface area (Å²) < 4.78 is 5.22. The van der Waals surface area contributed by atoms with Crippen molar-refractivity contribution in [2.24, 2.45) is 0 Å². The normalized spacial score (nSPS) is 16.5. The summed E-state index contributed by atoms with van der Waals surface area (Å²) in [4.78, 5) is 28.4. The first kappa shape index (κ1) is 25.4. The van der Waals surface area contributed by atoms with E-state index in [2.05, 4.69) is 5.32 Å². The number of ether oxygens (including phenoxy) is 1. The maximum absolute atomic E-state index is 13.7. The summed E-state index contributed by atoms with van der Waals surface area (Å²) in [6.45, 7) is 3.95. The van der Waals surface area contributed by atoms with Crippen LogP contribution in [0.3, 0.4) is 0 Å². The number of methoxy groups -OCH3 is 1. The highest BCUT2D eigenvalue weighted by atomic mass is 35.5. The summed E-state index contributed by atoms with van der Waals surface area (Å²) in [6, 6.07) is 22.0. The monoisotopic (exact) mass is 517 g/mol. The highest BCUT2D eigenvalue weighted by molar-refractivity contribution is 8.05. The maximum Gasteiger partial charge on any atom is 0.269 e. The Morgan fingerprint density at radius 1 is 1.11 bits per heavy atom. The van der Waals surface area contributed by atoms with Crippen LogP contribution >= 0.6 is 23.4 Å². The average molecular weight is 518 g/mol. The fourth-order valence-electron chi connectivity index (χ4n) is 3.81. The number of anilines is 2. The van der Waals surface area contributed by atoms with Gasteiger partial charge in [-0.05, 0) is 73.4 Å². The zero-order valence-corrected chi connectivity index (χ0v) is 21.6. The van der Waals surface area contributed by atoms with Crippen LogP contribution in [-0.2, 0) is 16.0 Å². The number of thioether (sulfide) groups is 1. The Bertz CT molecular complexity index is 1400. The molecule has 1 aliphatic rings. The number of carbonyl (C=O) groups excluding carboxylic acids is 2. The van der Waals surface area contributed by atoms with Gasteiger partial charge in [0.25, 0.3) is 5.91 Å². The first-order valence-electron chi connectivity index (χ1n) is 11.2. The third-order valence-electron chi connectivity index (χ3n) is 5.96. The minimum Gasteiger partial charge on any atom is -0.497 e. The summed E-state index contributed by atoms with van der Waals surface area (Å²) in [5, 5.41) is 12.9.